The molecule has 3 rings (SSSR count). The van der Waals surface area contributed by atoms with Crippen LogP contribution in [0.1, 0.15) is 56.1 Å². The maximum atomic E-state index is 3.81. The van der Waals surface area contributed by atoms with E-state index in [4.69, 9.17) is 0 Å². The number of aryl methyl sites for hydroxylation is 1. The Hall–Kier alpha value is -1.56. The predicted octanol–water partition coefficient (Wildman–Crippen LogP) is 6.25. The molecule has 0 radical (unpaired) electrons. The van der Waals surface area contributed by atoms with Crippen molar-refractivity contribution >= 4 is 10.8 Å². The average molecular weight is 278 g/mol. The first kappa shape index (κ1) is 14.4. The highest BCUT2D eigenvalue weighted by atomic mass is 14.2. The van der Waals surface area contributed by atoms with Crippen LogP contribution in [0.5, 0.6) is 0 Å². The van der Waals surface area contributed by atoms with Crippen molar-refractivity contribution in [2.75, 3.05) is 0 Å². The van der Waals surface area contributed by atoms with E-state index >= 15 is 0 Å². The standard InChI is InChI=1S/C21H26/c1-3-4-5-17-8-11-21-15-20(13-12-19(21)14-17)18-9-6-16(2)7-10-18/h3,8,11-16,18H,1,4-7,9-10H2,2H3. The van der Waals surface area contributed by atoms with E-state index in [2.05, 4.69) is 49.9 Å². The van der Waals surface area contributed by atoms with Crippen LogP contribution in [0.15, 0.2) is 49.1 Å². The van der Waals surface area contributed by atoms with E-state index in [-0.39, 0.29) is 0 Å². The molecule has 0 aromatic heterocycles. The zero-order chi connectivity index (χ0) is 14.7. The number of benzene rings is 2. The smallest absolute Gasteiger partial charge is 0.0162 e. The molecule has 0 heterocycles. The summed E-state index contributed by atoms with van der Waals surface area (Å²) in [5.74, 6) is 1.71. The van der Waals surface area contributed by atoms with Crippen LogP contribution in [0.25, 0.3) is 10.8 Å². The summed E-state index contributed by atoms with van der Waals surface area (Å²) in [6, 6.07) is 14.0. The molecule has 1 aliphatic carbocycles. The number of hydrogen-bond acceptors (Lipinski definition) is 0. The van der Waals surface area contributed by atoms with Crippen LogP contribution in [0.4, 0.5) is 0 Å². The highest BCUT2D eigenvalue weighted by molar-refractivity contribution is 5.84. The fourth-order valence-corrected chi connectivity index (χ4v) is 3.59. The summed E-state index contributed by atoms with van der Waals surface area (Å²) in [4.78, 5) is 0. The second kappa shape index (κ2) is 6.47. The molecule has 0 aliphatic heterocycles. The molecular weight excluding hydrogens is 252 g/mol. The summed E-state index contributed by atoms with van der Waals surface area (Å²) in [6.07, 6.45) is 9.67. The number of fused-ring (bicyclic) bond motifs is 1. The zero-order valence-electron chi connectivity index (χ0n) is 13.1. The maximum absolute atomic E-state index is 3.81. The minimum atomic E-state index is 0.783. The zero-order valence-corrected chi connectivity index (χ0v) is 13.1. The minimum Gasteiger partial charge on any atom is -0.103 e. The van der Waals surface area contributed by atoms with Gasteiger partial charge in [0, 0.05) is 0 Å². The molecule has 0 amide bonds. The van der Waals surface area contributed by atoms with Crippen molar-refractivity contribution in [3.05, 3.63) is 60.2 Å². The molecule has 21 heavy (non-hydrogen) atoms. The van der Waals surface area contributed by atoms with Crippen LogP contribution in [0.3, 0.4) is 0 Å². The summed E-state index contributed by atoms with van der Waals surface area (Å²) >= 11 is 0. The first-order chi connectivity index (χ1) is 10.3. The van der Waals surface area contributed by atoms with Crippen LogP contribution in [-0.2, 0) is 6.42 Å². The van der Waals surface area contributed by atoms with Gasteiger partial charge in [0.1, 0.15) is 0 Å². The van der Waals surface area contributed by atoms with Crippen molar-refractivity contribution < 1.29 is 0 Å². The van der Waals surface area contributed by atoms with E-state index < -0.39 is 0 Å². The van der Waals surface area contributed by atoms with Gasteiger partial charge in [-0.15, -0.1) is 6.58 Å². The van der Waals surface area contributed by atoms with Gasteiger partial charge in [0.25, 0.3) is 0 Å². The Morgan fingerprint density at radius 3 is 2.48 bits per heavy atom. The van der Waals surface area contributed by atoms with Crippen molar-refractivity contribution in [1.82, 2.24) is 0 Å². The highest BCUT2D eigenvalue weighted by Gasteiger charge is 2.19. The van der Waals surface area contributed by atoms with Crippen molar-refractivity contribution in [2.45, 2.75) is 51.4 Å². The third-order valence-electron chi connectivity index (χ3n) is 5.05. The third-order valence-corrected chi connectivity index (χ3v) is 5.05. The van der Waals surface area contributed by atoms with Gasteiger partial charge in [-0.1, -0.05) is 62.2 Å². The topological polar surface area (TPSA) is 0 Å². The predicted molar refractivity (Wildman–Crippen MR) is 92.8 cm³/mol. The lowest BCUT2D eigenvalue weighted by Crippen LogP contribution is -2.10. The first-order valence-electron chi connectivity index (χ1n) is 8.40. The lowest BCUT2D eigenvalue weighted by Gasteiger charge is -2.26. The quantitative estimate of drug-likeness (QED) is 0.580. The van der Waals surface area contributed by atoms with Crippen LogP contribution in [-0.4, -0.2) is 0 Å². The van der Waals surface area contributed by atoms with E-state index in [1.165, 1.54) is 42.0 Å². The maximum Gasteiger partial charge on any atom is -0.0162 e. The number of hydrogen-bond donors (Lipinski definition) is 0. The van der Waals surface area contributed by atoms with Gasteiger partial charge in [0.2, 0.25) is 0 Å². The molecule has 0 unspecified atom stereocenters. The van der Waals surface area contributed by atoms with E-state index in [9.17, 15) is 0 Å². The normalized spacial score (nSPS) is 22.3. The molecule has 0 N–H and O–H groups in total. The molecule has 0 saturated heterocycles. The molecule has 2 aromatic rings. The molecule has 0 spiro atoms. The van der Waals surface area contributed by atoms with Crippen molar-refractivity contribution in [3.63, 3.8) is 0 Å². The Balaban J connectivity index is 1.81. The molecule has 1 saturated carbocycles. The molecule has 0 heteroatoms. The molecular formula is C21H26. The molecule has 0 bridgehead atoms. The number of rotatable bonds is 4. The largest absolute Gasteiger partial charge is 0.103 e. The summed E-state index contributed by atoms with van der Waals surface area (Å²) in [5, 5.41) is 2.78. The van der Waals surface area contributed by atoms with Crippen LogP contribution in [0.2, 0.25) is 0 Å². The lowest BCUT2D eigenvalue weighted by molar-refractivity contribution is 0.348. The average Bonchev–Trinajstić information content (AvgIpc) is 2.53. The minimum absolute atomic E-state index is 0.783. The monoisotopic (exact) mass is 278 g/mol. The molecule has 2 aromatic carbocycles. The van der Waals surface area contributed by atoms with E-state index in [1.54, 1.807) is 5.56 Å². The summed E-state index contributed by atoms with van der Waals surface area (Å²) in [6.45, 7) is 6.20. The van der Waals surface area contributed by atoms with Gasteiger partial charge < -0.3 is 0 Å². The van der Waals surface area contributed by atoms with Gasteiger partial charge in [-0.05, 0) is 59.4 Å². The Bertz CT molecular complexity index is 615. The molecule has 110 valence electrons. The summed E-state index contributed by atoms with van der Waals surface area (Å²) in [5.41, 5.74) is 2.97. The van der Waals surface area contributed by atoms with Crippen LogP contribution < -0.4 is 0 Å². The van der Waals surface area contributed by atoms with Crippen LogP contribution in [0, 0.1) is 5.92 Å². The van der Waals surface area contributed by atoms with Gasteiger partial charge in [0.15, 0.2) is 0 Å². The van der Waals surface area contributed by atoms with Gasteiger partial charge in [-0.25, -0.2) is 0 Å². The molecule has 1 aliphatic rings. The Labute approximate surface area is 128 Å². The lowest BCUT2D eigenvalue weighted by atomic mass is 9.79. The fraction of sp³-hybridized carbons (Fsp3) is 0.429. The number of allylic oxidation sites excluding steroid dienone is 1. The SMILES string of the molecule is C=CCCc1ccc2cc(C3CCC(C)CC3)ccc2c1. The molecule has 1 fully saturated rings. The van der Waals surface area contributed by atoms with Crippen molar-refractivity contribution in [3.8, 4) is 0 Å². The fourth-order valence-electron chi connectivity index (χ4n) is 3.59. The van der Waals surface area contributed by atoms with Gasteiger partial charge in [-0.3, -0.25) is 0 Å². The second-order valence-electron chi connectivity index (χ2n) is 6.73. The summed E-state index contributed by atoms with van der Waals surface area (Å²) < 4.78 is 0. The Morgan fingerprint density at radius 2 is 1.71 bits per heavy atom. The molecule has 0 nitrogen and oxygen atoms in total. The highest BCUT2D eigenvalue weighted by Crippen LogP contribution is 2.36. The third kappa shape index (κ3) is 3.37. The summed E-state index contributed by atoms with van der Waals surface area (Å²) in [7, 11) is 0. The van der Waals surface area contributed by atoms with Gasteiger partial charge in [0.05, 0.1) is 0 Å². The Kier molecular flexibility index (Phi) is 4.43. The van der Waals surface area contributed by atoms with E-state index in [0.29, 0.717) is 0 Å². The second-order valence-corrected chi connectivity index (χ2v) is 6.73. The van der Waals surface area contributed by atoms with E-state index in [0.717, 1.165) is 24.7 Å². The first-order valence-corrected chi connectivity index (χ1v) is 8.40. The van der Waals surface area contributed by atoms with Gasteiger partial charge in [-0.2, -0.15) is 0 Å². The van der Waals surface area contributed by atoms with Crippen molar-refractivity contribution in [2.24, 2.45) is 5.92 Å². The van der Waals surface area contributed by atoms with Gasteiger partial charge >= 0.3 is 0 Å². The van der Waals surface area contributed by atoms with E-state index in [1.807, 2.05) is 6.08 Å². The molecule has 0 atom stereocenters. The Morgan fingerprint density at radius 1 is 1.00 bits per heavy atom. The van der Waals surface area contributed by atoms with Crippen molar-refractivity contribution in [1.29, 1.82) is 0 Å². The van der Waals surface area contributed by atoms with Crippen LogP contribution >= 0.6 is 0 Å².